The van der Waals surface area contributed by atoms with Gasteiger partial charge in [0.15, 0.2) is 0 Å². The highest BCUT2D eigenvalue weighted by molar-refractivity contribution is 5.87. The number of benzene rings is 1. The lowest BCUT2D eigenvalue weighted by Crippen LogP contribution is -2.55. The molecule has 126 valence electrons. The van der Waals surface area contributed by atoms with Crippen molar-refractivity contribution in [1.82, 2.24) is 5.32 Å². The first-order valence-electron chi connectivity index (χ1n) is 8.16. The molecule has 1 aliphatic carbocycles. The molecule has 0 aliphatic heterocycles. The van der Waals surface area contributed by atoms with Gasteiger partial charge in [-0.25, -0.2) is 4.79 Å². The van der Waals surface area contributed by atoms with Gasteiger partial charge in [0, 0.05) is 6.42 Å². The Balaban J connectivity index is 2.04. The van der Waals surface area contributed by atoms with Crippen LogP contribution in [0.4, 0.5) is 0 Å². The molecule has 5 nitrogen and oxygen atoms in total. The van der Waals surface area contributed by atoms with E-state index in [4.69, 9.17) is 4.74 Å². The summed E-state index contributed by atoms with van der Waals surface area (Å²) in [5.41, 5.74) is -0.131. The number of hydrogen-bond acceptors (Lipinski definition) is 3. The van der Waals surface area contributed by atoms with E-state index in [0.717, 1.165) is 30.6 Å². The van der Waals surface area contributed by atoms with Crippen LogP contribution < -0.4 is 10.1 Å². The molecule has 1 saturated carbocycles. The number of para-hydroxylation sites is 1. The fourth-order valence-corrected chi connectivity index (χ4v) is 3.33. The van der Waals surface area contributed by atoms with E-state index in [-0.39, 0.29) is 18.2 Å². The van der Waals surface area contributed by atoms with Crippen molar-refractivity contribution in [3.05, 3.63) is 29.8 Å². The highest BCUT2D eigenvalue weighted by Crippen LogP contribution is 2.31. The predicted octanol–water partition coefficient (Wildman–Crippen LogP) is 3.09. The lowest BCUT2D eigenvalue weighted by atomic mass is 9.81. The van der Waals surface area contributed by atoms with E-state index < -0.39 is 11.5 Å². The molecule has 2 rings (SSSR count). The number of nitrogens with one attached hydrogen (secondary N) is 1. The molecule has 0 bridgehead atoms. The molecule has 5 heteroatoms. The average Bonchev–Trinajstić information content (AvgIpc) is 2.55. The van der Waals surface area contributed by atoms with Crippen molar-refractivity contribution in [1.29, 1.82) is 0 Å². The van der Waals surface area contributed by atoms with Crippen molar-refractivity contribution in [3.8, 4) is 5.75 Å². The summed E-state index contributed by atoms with van der Waals surface area (Å²) in [4.78, 5) is 24.0. The highest BCUT2D eigenvalue weighted by Gasteiger charge is 2.41. The molecule has 1 fully saturated rings. The van der Waals surface area contributed by atoms with Gasteiger partial charge in [0.25, 0.3) is 0 Å². The standard InChI is InChI=1S/C18H25NO4/c1-13(14-8-4-5-9-15(14)23-2)12-16(20)19-18(17(21)22)10-6-3-7-11-18/h4-5,8-9,13H,3,6-7,10-12H2,1-2H3,(H,19,20)(H,21,22). The van der Waals surface area contributed by atoms with Crippen LogP contribution in [0, 0.1) is 0 Å². The Kier molecular flexibility index (Phi) is 5.64. The minimum absolute atomic E-state index is 0.0411. The first-order valence-corrected chi connectivity index (χ1v) is 8.16. The molecule has 1 aromatic rings. The van der Waals surface area contributed by atoms with E-state index in [9.17, 15) is 14.7 Å². The molecule has 2 N–H and O–H groups in total. The quantitative estimate of drug-likeness (QED) is 0.845. The number of ether oxygens (including phenoxy) is 1. The molecule has 0 saturated heterocycles. The predicted molar refractivity (Wildman–Crippen MR) is 87.6 cm³/mol. The van der Waals surface area contributed by atoms with Crippen LogP contribution in [-0.4, -0.2) is 29.6 Å². The summed E-state index contributed by atoms with van der Waals surface area (Å²) in [5, 5.41) is 12.3. The zero-order chi connectivity index (χ0) is 16.9. The van der Waals surface area contributed by atoms with E-state index in [2.05, 4.69) is 5.32 Å². The number of amides is 1. The highest BCUT2D eigenvalue weighted by atomic mass is 16.5. The van der Waals surface area contributed by atoms with E-state index >= 15 is 0 Å². The Bertz CT molecular complexity index is 564. The normalized spacial score (nSPS) is 18.0. The molecule has 1 atom stereocenters. The summed E-state index contributed by atoms with van der Waals surface area (Å²) in [6, 6.07) is 7.59. The second-order valence-corrected chi connectivity index (χ2v) is 6.34. The first kappa shape index (κ1) is 17.3. The number of carbonyl (C=O) groups is 2. The number of aliphatic carboxylic acids is 1. The van der Waals surface area contributed by atoms with Crippen molar-refractivity contribution in [2.24, 2.45) is 0 Å². The molecule has 0 radical (unpaired) electrons. The van der Waals surface area contributed by atoms with Gasteiger partial charge in [0.2, 0.25) is 5.91 Å². The second kappa shape index (κ2) is 7.49. The van der Waals surface area contributed by atoms with E-state index in [0.29, 0.717) is 12.8 Å². The maximum Gasteiger partial charge on any atom is 0.329 e. The first-order chi connectivity index (χ1) is 11.0. The minimum atomic E-state index is -1.09. The van der Waals surface area contributed by atoms with Gasteiger partial charge in [0.05, 0.1) is 7.11 Å². The van der Waals surface area contributed by atoms with Crippen LogP contribution in [-0.2, 0) is 9.59 Å². The van der Waals surface area contributed by atoms with E-state index in [1.54, 1.807) is 7.11 Å². The molecule has 1 amide bonds. The van der Waals surface area contributed by atoms with Crippen LogP contribution in [0.25, 0.3) is 0 Å². The Morgan fingerprint density at radius 3 is 2.52 bits per heavy atom. The smallest absolute Gasteiger partial charge is 0.329 e. The Hall–Kier alpha value is -2.04. The summed E-state index contributed by atoms with van der Waals surface area (Å²) in [6.07, 6.45) is 3.98. The summed E-state index contributed by atoms with van der Waals surface area (Å²) < 4.78 is 5.33. The van der Waals surface area contributed by atoms with Gasteiger partial charge in [0.1, 0.15) is 11.3 Å². The number of methoxy groups -OCH3 is 1. The number of carboxylic acids is 1. The summed E-state index contributed by atoms with van der Waals surface area (Å²) >= 11 is 0. The monoisotopic (exact) mass is 319 g/mol. The molecular weight excluding hydrogens is 294 g/mol. The third-order valence-electron chi connectivity index (χ3n) is 4.66. The van der Waals surface area contributed by atoms with Gasteiger partial charge >= 0.3 is 5.97 Å². The Morgan fingerprint density at radius 2 is 1.91 bits per heavy atom. The van der Waals surface area contributed by atoms with Crippen LogP contribution in [0.15, 0.2) is 24.3 Å². The second-order valence-electron chi connectivity index (χ2n) is 6.34. The third-order valence-corrected chi connectivity index (χ3v) is 4.66. The van der Waals surface area contributed by atoms with Crippen molar-refractivity contribution < 1.29 is 19.4 Å². The third kappa shape index (κ3) is 4.03. The van der Waals surface area contributed by atoms with Crippen molar-refractivity contribution in [3.63, 3.8) is 0 Å². The van der Waals surface area contributed by atoms with Gasteiger partial charge < -0.3 is 15.2 Å². The number of rotatable bonds is 6. The molecule has 1 aliphatic rings. The van der Waals surface area contributed by atoms with Crippen LogP contribution in [0.1, 0.15) is 56.9 Å². The van der Waals surface area contributed by atoms with Gasteiger partial charge in [-0.15, -0.1) is 0 Å². The molecule has 0 heterocycles. The number of carbonyl (C=O) groups excluding carboxylic acids is 1. The van der Waals surface area contributed by atoms with Gasteiger partial charge in [-0.1, -0.05) is 44.4 Å². The lowest BCUT2D eigenvalue weighted by molar-refractivity contribution is -0.149. The number of hydrogen-bond donors (Lipinski definition) is 2. The van der Waals surface area contributed by atoms with Gasteiger partial charge in [-0.2, -0.15) is 0 Å². The van der Waals surface area contributed by atoms with E-state index in [1.807, 2.05) is 31.2 Å². The van der Waals surface area contributed by atoms with Crippen molar-refractivity contribution in [2.45, 2.75) is 56.9 Å². The maximum atomic E-state index is 12.4. The summed E-state index contributed by atoms with van der Waals surface area (Å²) in [7, 11) is 1.60. The molecule has 1 unspecified atom stereocenters. The zero-order valence-corrected chi connectivity index (χ0v) is 13.8. The lowest BCUT2D eigenvalue weighted by Gasteiger charge is -2.34. The molecule has 23 heavy (non-hydrogen) atoms. The largest absolute Gasteiger partial charge is 0.496 e. The van der Waals surface area contributed by atoms with Crippen LogP contribution in [0.2, 0.25) is 0 Å². The Labute approximate surface area is 137 Å². The van der Waals surface area contributed by atoms with Crippen molar-refractivity contribution in [2.75, 3.05) is 7.11 Å². The SMILES string of the molecule is COc1ccccc1C(C)CC(=O)NC1(C(=O)O)CCCCC1. The Morgan fingerprint density at radius 1 is 1.26 bits per heavy atom. The van der Waals surface area contributed by atoms with Gasteiger partial charge in [-0.3, -0.25) is 4.79 Å². The van der Waals surface area contributed by atoms with Crippen LogP contribution >= 0.6 is 0 Å². The van der Waals surface area contributed by atoms with Crippen LogP contribution in [0.5, 0.6) is 5.75 Å². The summed E-state index contributed by atoms with van der Waals surface area (Å²) in [5.74, 6) is -0.429. The minimum Gasteiger partial charge on any atom is -0.496 e. The van der Waals surface area contributed by atoms with Gasteiger partial charge in [-0.05, 0) is 30.4 Å². The molecule has 0 aromatic heterocycles. The number of carboxylic acid groups (broad SMARTS) is 1. The van der Waals surface area contributed by atoms with Crippen LogP contribution in [0.3, 0.4) is 0 Å². The summed E-state index contributed by atoms with van der Waals surface area (Å²) in [6.45, 7) is 1.95. The fraction of sp³-hybridized carbons (Fsp3) is 0.556. The topological polar surface area (TPSA) is 75.6 Å². The average molecular weight is 319 g/mol. The molecular formula is C18H25NO4. The maximum absolute atomic E-state index is 12.4. The zero-order valence-electron chi connectivity index (χ0n) is 13.8. The van der Waals surface area contributed by atoms with E-state index in [1.165, 1.54) is 0 Å². The fourth-order valence-electron chi connectivity index (χ4n) is 3.33. The van der Waals surface area contributed by atoms with Crippen molar-refractivity contribution >= 4 is 11.9 Å². The molecule has 1 aromatic carbocycles. The molecule has 0 spiro atoms.